The number of halogens is 4. The van der Waals surface area contributed by atoms with Crippen LogP contribution in [-0.4, -0.2) is 73.5 Å². The van der Waals surface area contributed by atoms with Crippen LogP contribution in [0.3, 0.4) is 0 Å². The quantitative estimate of drug-likeness (QED) is 0.237. The summed E-state index contributed by atoms with van der Waals surface area (Å²) in [6.07, 6.45) is -5.24. The summed E-state index contributed by atoms with van der Waals surface area (Å²) in [5.41, 5.74) is -2.88. The molecule has 5 heterocycles. The van der Waals surface area contributed by atoms with Crippen LogP contribution in [0.2, 0.25) is 0 Å². The lowest BCUT2D eigenvalue weighted by molar-refractivity contribution is -0.265. The minimum atomic E-state index is -4.85. The Kier molecular flexibility index (Phi) is 5.12. The average Bonchev–Trinajstić information content (AvgIpc) is 3.40. The van der Waals surface area contributed by atoms with Gasteiger partial charge >= 0.3 is 12.1 Å². The first-order valence-electron chi connectivity index (χ1n) is 10.3. The maximum absolute atomic E-state index is 14.3. The molecule has 2 aliphatic heterocycles. The lowest BCUT2D eigenvalue weighted by atomic mass is 9.95. The molecule has 0 bridgehead atoms. The number of hydrogen-bond donors (Lipinski definition) is 1. The molecule has 0 aliphatic carbocycles. The predicted octanol–water partition coefficient (Wildman–Crippen LogP) is 0.730. The monoisotopic (exact) mass is 496 g/mol. The summed E-state index contributed by atoms with van der Waals surface area (Å²) in [6, 6.07) is 3.17. The zero-order chi connectivity index (χ0) is 25.1. The van der Waals surface area contributed by atoms with E-state index in [9.17, 15) is 31.9 Å². The van der Waals surface area contributed by atoms with Crippen LogP contribution in [0.1, 0.15) is 32.1 Å². The van der Waals surface area contributed by atoms with Crippen LogP contribution in [0.5, 0.6) is 0 Å². The highest BCUT2D eigenvalue weighted by Crippen LogP contribution is 2.37. The number of rotatable bonds is 5. The zero-order valence-corrected chi connectivity index (χ0v) is 17.9. The van der Waals surface area contributed by atoms with E-state index in [2.05, 4.69) is 20.0 Å². The van der Waals surface area contributed by atoms with Gasteiger partial charge in [-0.1, -0.05) is 0 Å². The van der Waals surface area contributed by atoms with Gasteiger partial charge in [0.2, 0.25) is 5.65 Å². The SMILES string of the molecule is Cc1c(C(=O)C(=O)NC2(C(F)(F)F)COC2)c2n(c1C(=O)On1nnc3cccnc31)C[C@H](F)C2. The van der Waals surface area contributed by atoms with Gasteiger partial charge < -0.3 is 19.5 Å². The Bertz CT molecular complexity index is 1380. The van der Waals surface area contributed by atoms with Gasteiger partial charge in [0, 0.05) is 18.3 Å². The second kappa shape index (κ2) is 7.83. The van der Waals surface area contributed by atoms with E-state index in [1.54, 1.807) is 17.4 Å². The van der Waals surface area contributed by atoms with Gasteiger partial charge in [0.05, 0.1) is 25.3 Å². The summed E-state index contributed by atoms with van der Waals surface area (Å²) in [7, 11) is 0. The van der Waals surface area contributed by atoms with E-state index < -0.39 is 48.8 Å². The van der Waals surface area contributed by atoms with E-state index in [1.165, 1.54) is 17.7 Å². The number of nitrogens with one attached hydrogen (secondary N) is 1. The molecule has 11 nitrogen and oxygen atoms in total. The number of alkyl halides is 4. The van der Waals surface area contributed by atoms with Crippen molar-refractivity contribution in [2.75, 3.05) is 13.2 Å². The molecule has 0 unspecified atom stereocenters. The molecule has 0 aromatic carbocycles. The number of pyridine rings is 1. The van der Waals surface area contributed by atoms with E-state index in [1.807, 2.05) is 0 Å². The Morgan fingerprint density at radius 2 is 2.03 bits per heavy atom. The fraction of sp³-hybridized carbons (Fsp3) is 0.400. The molecule has 0 radical (unpaired) electrons. The topological polar surface area (TPSA) is 130 Å². The standard InChI is InChI=1S/C20H16F4N6O5/c1-9-13(15(31)17(32)26-19(7-34-8-19)20(22,23)24)12-5-10(21)6-29(12)14(9)18(33)35-30-16-11(27-28-30)3-2-4-25-16/h2-4,10H,5-8H2,1H3,(H,26,32)/t10-/m1/s1. The third kappa shape index (κ3) is 3.53. The molecule has 2 aliphatic rings. The fourth-order valence-corrected chi connectivity index (χ4v) is 4.19. The van der Waals surface area contributed by atoms with Crippen LogP contribution in [0.25, 0.3) is 11.2 Å². The first-order chi connectivity index (χ1) is 16.5. The molecule has 0 spiro atoms. The van der Waals surface area contributed by atoms with Gasteiger partial charge in [-0.2, -0.15) is 13.2 Å². The van der Waals surface area contributed by atoms with Gasteiger partial charge in [0.25, 0.3) is 11.7 Å². The number of carbonyl (C=O) groups excluding carboxylic acids is 3. The van der Waals surface area contributed by atoms with Crippen LogP contribution < -0.4 is 10.2 Å². The van der Waals surface area contributed by atoms with Crippen LogP contribution in [-0.2, 0) is 22.5 Å². The summed E-state index contributed by atoms with van der Waals surface area (Å²) in [4.78, 5) is 48.5. The maximum Gasteiger partial charge on any atom is 0.416 e. The lowest BCUT2D eigenvalue weighted by Gasteiger charge is -2.42. The van der Waals surface area contributed by atoms with Crippen molar-refractivity contribution in [3.63, 3.8) is 0 Å². The molecular formula is C20H16F4N6O5. The first kappa shape index (κ1) is 22.9. The van der Waals surface area contributed by atoms with E-state index in [0.717, 1.165) is 4.85 Å². The number of carbonyl (C=O) groups is 3. The minimum Gasteiger partial charge on any atom is -0.376 e. The molecule has 1 fully saturated rings. The van der Waals surface area contributed by atoms with Crippen LogP contribution >= 0.6 is 0 Å². The Labute approximate surface area is 192 Å². The third-order valence-corrected chi connectivity index (χ3v) is 5.98. The van der Waals surface area contributed by atoms with Crippen LogP contribution in [0.4, 0.5) is 17.6 Å². The molecule has 1 N–H and O–H groups in total. The minimum absolute atomic E-state index is 0.00888. The molecule has 1 saturated heterocycles. The molecule has 1 amide bonds. The molecule has 3 aromatic heterocycles. The molecule has 5 rings (SSSR count). The fourth-order valence-electron chi connectivity index (χ4n) is 4.19. The molecule has 15 heteroatoms. The number of hydrogen-bond acceptors (Lipinski definition) is 8. The smallest absolute Gasteiger partial charge is 0.376 e. The number of nitrogens with zero attached hydrogens (tertiary/aromatic N) is 5. The third-order valence-electron chi connectivity index (χ3n) is 5.98. The summed E-state index contributed by atoms with van der Waals surface area (Å²) in [6.45, 7) is -0.676. The van der Waals surface area contributed by atoms with E-state index in [0.29, 0.717) is 5.52 Å². The van der Waals surface area contributed by atoms with Gasteiger partial charge in [-0.25, -0.2) is 14.2 Å². The Balaban J connectivity index is 1.47. The van der Waals surface area contributed by atoms with Crippen LogP contribution in [0.15, 0.2) is 18.3 Å². The Morgan fingerprint density at radius 3 is 2.69 bits per heavy atom. The molecule has 1 atom stereocenters. The van der Waals surface area contributed by atoms with Crippen molar-refractivity contribution < 1.29 is 41.5 Å². The number of amides is 1. The van der Waals surface area contributed by atoms with Crippen LogP contribution in [0, 0.1) is 6.92 Å². The van der Waals surface area contributed by atoms with Gasteiger partial charge in [0.1, 0.15) is 17.4 Å². The summed E-state index contributed by atoms with van der Waals surface area (Å²) < 4.78 is 60.2. The number of ketones is 1. The Morgan fingerprint density at radius 1 is 1.29 bits per heavy atom. The second-order valence-electron chi connectivity index (χ2n) is 8.25. The van der Waals surface area contributed by atoms with Crippen molar-refractivity contribution in [3.8, 4) is 0 Å². The van der Waals surface area contributed by atoms with Gasteiger partial charge in [-0.15, -0.1) is 5.10 Å². The first-order valence-corrected chi connectivity index (χ1v) is 10.3. The molecule has 3 aromatic rings. The van der Waals surface area contributed by atoms with Crippen molar-refractivity contribution >= 4 is 28.8 Å². The van der Waals surface area contributed by atoms with Crippen molar-refractivity contribution in [1.82, 2.24) is 30.0 Å². The lowest BCUT2D eigenvalue weighted by Crippen LogP contribution is -2.71. The highest BCUT2D eigenvalue weighted by Gasteiger charge is 2.61. The zero-order valence-electron chi connectivity index (χ0n) is 17.9. The normalized spacial score (nSPS) is 18.7. The number of aromatic nitrogens is 5. The number of fused-ring (bicyclic) bond motifs is 2. The summed E-state index contributed by atoms with van der Waals surface area (Å²) in [5.74, 6) is -3.92. The molecule has 0 saturated carbocycles. The maximum atomic E-state index is 14.3. The van der Waals surface area contributed by atoms with E-state index in [4.69, 9.17) is 4.84 Å². The van der Waals surface area contributed by atoms with Crippen molar-refractivity contribution in [2.24, 2.45) is 0 Å². The largest absolute Gasteiger partial charge is 0.416 e. The van der Waals surface area contributed by atoms with E-state index in [-0.39, 0.29) is 41.1 Å². The second-order valence-corrected chi connectivity index (χ2v) is 8.25. The summed E-state index contributed by atoms with van der Waals surface area (Å²) >= 11 is 0. The van der Waals surface area contributed by atoms with Gasteiger partial charge in [0.15, 0.2) is 5.54 Å². The average molecular weight is 496 g/mol. The molecule has 35 heavy (non-hydrogen) atoms. The number of Topliss-reactive ketones (excluding diaryl/α,β-unsaturated/α-hetero) is 1. The van der Waals surface area contributed by atoms with Gasteiger partial charge in [-0.3, -0.25) is 9.59 Å². The van der Waals surface area contributed by atoms with Crippen molar-refractivity contribution in [1.29, 1.82) is 0 Å². The molecular weight excluding hydrogens is 480 g/mol. The van der Waals surface area contributed by atoms with Crippen molar-refractivity contribution in [3.05, 3.63) is 40.8 Å². The molecule has 184 valence electrons. The Hall–Kier alpha value is -3.88. The highest BCUT2D eigenvalue weighted by atomic mass is 19.4. The van der Waals surface area contributed by atoms with Crippen molar-refractivity contribution in [2.45, 2.75) is 37.8 Å². The summed E-state index contributed by atoms with van der Waals surface area (Å²) in [5, 5.41) is 9.17. The highest BCUT2D eigenvalue weighted by molar-refractivity contribution is 6.43. The predicted molar refractivity (Wildman–Crippen MR) is 106 cm³/mol. The number of ether oxygens (including phenoxy) is 1. The van der Waals surface area contributed by atoms with Gasteiger partial charge in [-0.05, 0) is 34.7 Å². The van der Waals surface area contributed by atoms with E-state index >= 15 is 0 Å².